The second-order valence-electron chi connectivity index (χ2n) is 4.35. The monoisotopic (exact) mass is 288 g/mol. The van der Waals surface area contributed by atoms with Crippen LogP contribution in [0.4, 0.5) is 10.3 Å². The summed E-state index contributed by atoms with van der Waals surface area (Å²) in [6.07, 6.45) is 3.67. The first-order valence-electron chi connectivity index (χ1n) is 6.33. The Morgan fingerprint density at radius 3 is 3.00 bits per heavy atom. The van der Waals surface area contributed by atoms with Crippen LogP contribution in [0, 0.1) is 5.82 Å². The van der Waals surface area contributed by atoms with Gasteiger partial charge in [0.15, 0.2) is 0 Å². The van der Waals surface area contributed by atoms with Gasteiger partial charge in [-0.25, -0.2) is 14.4 Å². The molecular weight excluding hydrogens is 275 g/mol. The number of pyridine rings is 1. The Bertz CT molecular complexity index is 741. The normalized spacial score (nSPS) is 10.9. The molecule has 4 nitrogen and oxygen atoms in total. The molecule has 20 heavy (non-hydrogen) atoms. The van der Waals surface area contributed by atoms with Crippen molar-refractivity contribution >= 4 is 27.5 Å². The van der Waals surface area contributed by atoms with Gasteiger partial charge in [0.05, 0.1) is 22.1 Å². The lowest BCUT2D eigenvalue weighted by Gasteiger charge is -2.07. The first-order chi connectivity index (χ1) is 9.76. The Hall–Kier alpha value is -2.08. The first kappa shape index (κ1) is 12.9. The van der Waals surface area contributed by atoms with Crippen LogP contribution in [0.1, 0.15) is 18.2 Å². The van der Waals surface area contributed by atoms with E-state index in [2.05, 4.69) is 27.2 Å². The highest BCUT2D eigenvalue weighted by Gasteiger charge is 2.07. The van der Waals surface area contributed by atoms with Crippen LogP contribution in [0.3, 0.4) is 0 Å². The van der Waals surface area contributed by atoms with E-state index in [0.717, 1.165) is 27.9 Å². The Morgan fingerprint density at radius 1 is 1.30 bits per heavy atom. The molecule has 0 radical (unpaired) electrons. The first-order valence-corrected chi connectivity index (χ1v) is 7.21. The number of aromatic nitrogens is 3. The molecule has 3 aromatic rings. The smallest absolute Gasteiger partial charge is 0.223 e. The van der Waals surface area contributed by atoms with E-state index in [1.807, 2.05) is 11.4 Å². The minimum absolute atomic E-state index is 0.340. The standard InChI is InChI=1S/C14H13FN4S/c1-2-11-13-12(3-4-20-13)19-14(18-11)17-7-9-5-10(15)8-16-6-9/h3-6,8H,2,7H2,1H3,(H,17,18,19). The second-order valence-corrected chi connectivity index (χ2v) is 5.26. The quantitative estimate of drug-likeness (QED) is 0.799. The predicted molar refractivity (Wildman–Crippen MR) is 78.3 cm³/mol. The van der Waals surface area contributed by atoms with Crippen molar-refractivity contribution in [2.24, 2.45) is 0 Å². The summed E-state index contributed by atoms with van der Waals surface area (Å²) in [6.45, 7) is 2.52. The summed E-state index contributed by atoms with van der Waals surface area (Å²) in [5.41, 5.74) is 2.74. The van der Waals surface area contributed by atoms with Crippen molar-refractivity contribution < 1.29 is 4.39 Å². The summed E-state index contributed by atoms with van der Waals surface area (Å²) < 4.78 is 14.2. The summed E-state index contributed by atoms with van der Waals surface area (Å²) in [7, 11) is 0. The van der Waals surface area contributed by atoms with E-state index in [4.69, 9.17) is 0 Å². The highest BCUT2D eigenvalue weighted by Crippen LogP contribution is 2.23. The third-order valence-corrected chi connectivity index (χ3v) is 3.87. The van der Waals surface area contributed by atoms with E-state index >= 15 is 0 Å². The van der Waals surface area contributed by atoms with E-state index in [9.17, 15) is 4.39 Å². The van der Waals surface area contributed by atoms with Crippen LogP contribution in [0.15, 0.2) is 29.9 Å². The number of fused-ring (bicyclic) bond motifs is 1. The SMILES string of the molecule is CCc1nc(NCc2cncc(F)c2)nc2ccsc12. The van der Waals surface area contributed by atoms with Crippen molar-refractivity contribution in [2.45, 2.75) is 19.9 Å². The van der Waals surface area contributed by atoms with Crippen LogP contribution >= 0.6 is 11.3 Å². The van der Waals surface area contributed by atoms with Crippen molar-refractivity contribution in [3.8, 4) is 0 Å². The van der Waals surface area contributed by atoms with Gasteiger partial charge >= 0.3 is 0 Å². The lowest BCUT2D eigenvalue weighted by Crippen LogP contribution is -2.05. The van der Waals surface area contributed by atoms with Crippen LogP contribution in [-0.2, 0) is 13.0 Å². The van der Waals surface area contributed by atoms with E-state index < -0.39 is 0 Å². The molecule has 3 rings (SSSR count). The zero-order chi connectivity index (χ0) is 13.9. The zero-order valence-corrected chi connectivity index (χ0v) is 11.7. The molecule has 0 atom stereocenters. The Labute approximate surface area is 119 Å². The molecule has 0 aliphatic carbocycles. The highest BCUT2D eigenvalue weighted by atomic mass is 32.1. The molecule has 0 aliphatic heterocycles. The number of anilines is 1. The molecule has 0 amide bonds. The van der Waals surface area contributed by atoms with Gasteiger partial charge in [0.25, 0.3) is 0 Å². The second kappa shape index (κ2) is 5.50. The maximum atomic E-state index is 13.1. The Kier molecular flexibility index (Phi) is 3.56. The van der Waals surface area contributed by atoms with E-state index in [-0.39, 0.29) is 5.82 Å². The molecule has 0 aromatic carbocycles. The van der Waals surface area contributed by atoms with Crippen LogP contribution in [0.25, 0.3) is 10.2 Å². The predicted octanol–water partition coefficient (Wildman–Crippen LogP) is 3.40. The van der Waals surface area contributed by atoms with Gasteiger partial charge in [-0.3, -0.25) is 4.98 Å². The van der Waals surface area contributed by atoms with E-state index in [0.29, 0.717) is 12.5 Å². The van der Waals surface area contributed by atoms with Gasteiger partial charge < -0.3 is 5.32 Å². The molecule has 3 aromatic heterocycles. The number of halogens is 1. The fraction of sp³-hybridized carbons (Fsp3) is 0.214. The number of nitrogens with zero attached hydrogens (tertiary/aromatic N) is 3. The van der Waals surface area contributed by atoms with Gasteiger partial charge in [-0.1, -0.05) is 6.92 Å². The number of hydrogen-bond acceptors (Lipinski definition) is 5. The molecule has 0 bridgehead atoms. The largest absolute Gasteiger partial charge is 0.350 e. The molecule has 102 valence electrons. The Morgan fingerprint density at radius 2 is 2.20 bits per heavy atom. The zero-order valence-electron chi connectivity index (χ0n) is 10.9. The maximum Gasteiger partial charge on any atom is 0.223 e. The van der Waals surface area contributed by atoms with Crippen molar-refractivity contribution in [1.29, 1.82) is 0 Å². The van der Waals surface area contributed by atoms with Gasteiger partial charge in [0.1, 0.15) is 5.82 Å². The molecule has 0 spiro atoms. The third kappa shape index (κ3) is 2.60. The molecule has 1 N–H and O–H groups in total. The van der Waals surface area contributed by atoms with Crippen LogP contribution in [0.2, 0.25) is 0 Å². The van der Waals surface area contributed by atoms with Crippen LogP contribution in [-0.4, -0.2) is 15.0 Å². The maximum absolute atomic E-state index is 13.1. The van der Waals surface area contributed by atoms with E-state index in [1.54, 1.807) is 17.5 Å². The fourth-order valence-electron chi connectivity index (χ4n) is 1.98. The molecule has 0 saturated carbocycles. The van der Waals surface area contributed by atoms with Gasteiger partial charge in [-0.2, -0.15) is 0 Å². The average Bonchev–Trinajstić information content (AvgIpc) is 2.92. The Balaban J connectivity index is 1.83. The summed E-state index contributed by atoms with van der Waals surface area (Å²) in [6, 6.07) is 3.43. The number of rotatable bonds is 4. The number of aryl methyl sites for hydroxylation is 1. The minimum atomic E-state index is -0.340. The van der Waals surface area contributed by atoms with Crippen LogP contribution < -0.4 is 5.32 Å². The lowest BCUT2D eigenvalue weighted by atomic mass is 10.3. The summed E-state index contributed by atoms with van der Waals surface area (Å²) >= 11 is 1.65. The summed E-state index contributed by atoms with van der Waals surface area (Å²) in [4.78, 5) is 12.8. The number of thiophene rings is 1. The molecule has 3 heterocycles. The summed E-state index contributed by atoms with van der Waals surface area (Å²) in [5.74, 6) is 0.227. The van der Waals surface area contributed by atoms with Crippen molar-refractivity contribution in [2.75, 3.05) is 5.32 Å². The molecule has 0 aliphatic rings. The van der Waals surface area contributed by atoms with Gasteiger partial charge in [-0.15, -0.1) is 11.3 Å². The molecule has 6 heteroatoms. The average molecular weight is 288 g/mol. The number of nitrogens with one attached hydrogen (secondary N) is 1. The molecule has 0 fully saturated rings. The van der Waals surface area contributed by atoms with Gasteiger partial charge in [0, 0.05) is 12.7 Å². The van der Waals surface area contributed by atoms with Crippen molar-refractivity contribution in [3.05, 3.63) is 47.0 Å². The van der Waals surface area contributed by atoms with Crippen LogP contribution in [0.5, 0.6) is 0 Å². The third-order valence-electron chi connectivity index (χ3n) is 2.92. The molecular formula is C14H13FN4S. The van der Waals surface area contributed by atoms with Crippen molar-refractivity contribution in [1.82, 2.24) is 15.0 Å². The van der Waals surface area contributed by atoms with E-state index in [1.165, 1.54) is 12.3 Å². The minimum Gasteiger partial charge on any atom is -0.350 e. The molecule has 0 saturated heterocycles. The topological polar surface area (TPSA) is 50.7 Å². The summed E-state index contributed by atoms with van der Waals surface area (Å²) in [5, 5.41) is 5.13. The van der Waals surface area contributed by atoms with Gasteiger partial charge in [0.2, 0.25) is 5.95 Å². The molecule has 0 unspecified atom stereocenters. The van der Waals surface area contributed by atoms with Crippen molar-refractivity contribution in [3.63, 3.8) is 0 Å². The highest BCUT2D eigenvalue weighted by molar-refractivity contribution is 7.17. The number of hydrogen-bond donors (Lipinski definition) is 1. The van der Waals surface area contributed by atoms with Gasteiger partial charge in [-0.05, 0) is 29.5 Å². The fourth-order valence-corrected chi connectivity index (χ4v) is 2.87. The lowest BCUT2D eigenvalue weighted by molar-refractivity contribution is 0.619.